The number of hydrogen-bond donors (Lipinski definition) is 2. The number of nitrogens with one attached hydrogen (secondary N) is 2. The number of thioether (sulfide) groups is 1. The SMILES string of the molecule is COc1ccc(NC(=O)CCSc2nnc(NC(=O)CCc3nc(-c4ccccc4Cl)no3)s2)cc1. The standard InChI is InChI=1S/C23H21ClN6O4S2/c1-33-15-8-6-14(7-9-15)25-19(32)12-13-35-23-29-28-22(36-23)26-18(31)10-11-20-27-21(30-34-20)16-4-2-3-5-17(16)24/h2-9H,10-13H2,1H3,(H,25,32)(H,26,28,31). The van der Waals surface area contributed by atoms with Gasteiger partial charge in [-0.1, -0.05) is 52.0 Å². The zero-order chi connectivity index (χ0) is 25.3. The number of amides is 2. The summed E-state index contributed by atoms with van der Waals surface area (Å²) < 4.78 is 11.0. The molecule has 13 heteroatoms. The number of benzene rings is 2. The van der Waals surface area contributed by atoms with Gasteiger partial charge in [-0.2, -0.15) is 4.98 Å². The number of halogens is 1. The highest BCUT2D eigenvalue weighted by Crippen LogP contribution is 2.27. The van der Waals surface area contributed by atoms with Gasteiger partial charge in [-0.05, 0) is 36.4 Å². The van der Waals surface area contributed by atoms with Gasteiger partial charge in [0.25, 0.3) is 0 Å². The molecule has 0 unspecified atom stereocenters. The number of carbonyl (C=O) groups is 2. The van der Waals surface area contributed by atoms with Crippen molar-refractivity contribution in [3.05, 3.63) is 59.4 Å². The molecule has 2 N–H and O–H groups in total. The van der Waals surface area contributed by atoms with Gasteiger partial charge in [-0.15, -0.1) is 10.2 Å². The fraction of sp³-hybridized carbons (Fsp3) is 0.217. The van der Waals surface area contributed by atoms with Crippen molar-refractivity contribution in [3.8, 4) is 17.1 Å². The zero-order valence-corrected chi connectivity index (χ0v) is 21.5. The van der Waals surface area contributed by atoms with Crippen LogP contribution in [0.3, 0.4) is 0 Å². The Morgan fingerprint density at radius 1 is 1.06 bits per heavy atom. The fourth-order valence-electron chi connectivity index (χ4n) is 2.96. The second-order valence-electron chi connectivity index (χ2n) is 7.29. The Bertz CT molecular complexity index is 1330. The second kappa shape index (κ2) is 12.5. The van der Waals surface area contributed by atoms with E-state index in [1.54, 1.807) is 43.5 Å². The van der Waals surface area contributed by atoms with E-state index in [9.17, 15) is 9.59 Å². The highest BCUT2D eigenvalue weighted by molar-refractivity contribution is 8.01. The average molecular weight is 545 g/mol. The lowest BCUT2D eigenvalue weighted by Crippen LogP contribution is -2.12. The van der Waals surface area contributed by atoms with Crippen LogP contribution in [-0.2, 0) is 16.0 Å². The summed E-state index contributed by atoms with van der Waals surface area (Å²) in [6.45, 7) is 0. The van der Waals surface area contributed by atoms with Crippen LogP contribution in [0.1, 0.15) is 18.7 Å². The van der Waals surface area contributed by atoms with E-state index in [0.717, 1.165) is 5.75 Å². The highest BCUT2D eigenvalue weighted by Gasteiger charge is 2.14. The van der Waals surface area contributed by atoms with Crippen molar-refractivity contribution in [2.24, 2.45) is 0 Å². The molecule has 0 aliphatic rings. The smallest absolute Gasteiger partial charge is 0.227 e. The molecule has 0 atom stereocenters. The van der Waals surface area contributed by atoms with E-state index in [4.69, 9.17) is 20.9 Å². The molecule has 2 aromatic heterocycles. The lowest BCUT2D eigenvalue weighted by molar-refractivity contribution is -0.116. The maximum absolute atomic E-state index is 12.3. The maximum atomic E-state index is 12.3. The largest absolute Gasteiger partial charge is 0.497 e. The van der Waals surface area contributed by atoms with E-state index in [-0.39, 0.29) is 24.7 Å². The van der Waals surface area contributed by atoms with Crippen molar-refractivity contribution in [2.75, 3.05) is 23.5 Å². The summed E-state index contributed by atoms with van der Waals surface area (Å²) in [6.07, 6.45) is 0.711. The fourth-order valence-corrected chi connectivity index (χ4v) is 4.96. The molecule has 2 aromatic carbocycles. The molecule has 0 aliphatic heterocycles. The minimum atomic E-state index is -0.251. The van der Waals surface area contributed by atoms with Crippen molar-refractivity contribution >= 4 is 57.3 Å². The lowest BCUT2D eigenvalue weighted by Gasteiger charge is -2.05. The number of aromatic nitrogens is 4. The molecule has 36 heavy (non-hydrogen) atoms. The molecule has 0 saturated heterocycles. The summed E-state index contributed by atoms with van der Waals surface area (Å²) in [5.74, 6) is 1.60. The quantitative estimate of drug-likeness (QED) is 0.199. The Morgan fingerprint density at radius 2 is 1.83 bits per heavy atom. The molecule has 2 heterocycles. The first-order valence-corrected chi connectivity index (χ1v) is 13.0. The average Bonchev–Trinajstić information content (AvgIpc) is 3.53. The van der Waals surface area contributed by atoms with Crippen molar-refractivity contribution in [3.63, 3.8) is 0 Å². The molecule has 0 spiro atoms. The lowest BCUT2D eigenvalue weighted by atomic mass is 10.2. The van der Waals surface area contributed by atoms with Crippen LogP contribution in [0, 0.1) is 0 Å². The van der Waals surface area contributed by atoms with Crippen LogP contribution in [0.5, 0.6) is 5.75 Å². The maximum Gasteiger partial charge on any atom is 0.227 e. The molecule has 10 nitrogen and oxygen atoms in total. The first-order chi connectivity index (χ1) is 17.5. The Labute approximate surface area is 219 Å². The topological polar surface area (TPSA) is 132 Å². The number of methoxy groups -OCH3 is 1. The van der Waals surface area contributed by atoms with Crippen LogP contribution in [0.15, 0.2) is 57.4 Å². The number of aryl methyl sites for hydroxylation is 1. The predicted octanol–water partition coefficient (Wildman–Crippen LogP) is 4.94. The van der Waals surface area contributed by atoms with E-state index in [1.807, 2.05) is 12.1 Å². The Morgan fingerprint density at radius 3 is 2.61 bits per heavy atom. The summed E-state index contributed by atoms with van der Waals surface area (Å²) in [7, 11) is 1.59. The van der Waals surface area contributed by atoms with Gasteiger partial charge in [0.05, 0.1) is 12.1 Å². The van der Waals surface area contributed by atoms with Gasteiger partial charge in [0.1, 0.15) is 5.75 Å². The first kappa shape index (κ1) is 25.6. The van der Waals surface area contributed by atoms with Crippen molar-refractivity contribution in [1.82, 2.24) is 20.3 Å². The predicted molar refractivity (Wildman–Crippen MR) is 139 cm³/mol. The molecule has 0 aliphatic carbocycles. The normalized spacial score (nSPS) is 10.7. The number of hydrogen-bond acceptors (Lipinski definition) is 10. The third-order valence-corrected chi connectivity index (χ3v) is 7.03. The molecular weight excluding hydrogens is 524 g/mol. The van der Waals surface area contributed by atoms with E-state index in [2.05, 4.69) is 31.0 Å². The van der Waals surface area contributed by atoms with E-state index in [1.165, 1.54) is 23.1 Å². The Hall–Kier alpha value is -3.48. The van der Waals surface area contributed by atoms with Crippen molar-refractivity contribution in [2.45, 2.75) is 23.6 Å². The zero-order valence-electron chi connectivity index (χ0n) is 19.1. The molecule has 0 fully saturated rings. The minimum absolute atomic E-state index is 0.107. The summed E-state index contributed by atoms with van der Waals surface area (Å²) in [6, 6.07) is 14.3. The van der Waals surface area contributed by atoms with Crippen molar-refractivity contribution in [1.29, 1.82) is 0 Å². The summed E-state index contributed by atoms with van der Waals surface area (Å²) >= 11 is 8.79. The van der Waals surface area contributed by atoms with Crippen LogP contribution < -0.4 is 15.4 Å². The van der Waals surface area contributed by atoms with Gasteiger partial charge >= 0.3 is 0 Å². The van der Waals surface area contributed by atoms with Gasteiger partial charge in [0.15, 0.2) is 4.34 Å². The molecule has 186 valence electrons. The second-order valence-corrected chi connectivity index (χ2v) is 10.0. The highest BCUT2D eigenvalue weighted by atomic mass is 35.5. The monoisotopic (exact) mass is 544 g/mol. The van der Waals surface area contributed by atoms with E-state index in [0.29, 0.717) is 49.6 Å². The molecule has 2 amide bonds. The van der Waals surface area contributed by atoms with Crippen LogP contribution >= 0.6 is 34.7 Å². The summed E-state index contributed by atoms with van der Waals surface area (Å²) in [5, 5.41) is 18.4. The molecule has 0 saturated carbocycles. The molecule has 0 radical (unpaired) electrons. The molecule has 0 bridgehead atoms. The summed E-state index contributed by atoms with van der Waals surface area (Å²) in [5.41, 5.74) is 1.36. The number of nitrogens with zero attached hydrogens (tertiary/aromatic N) is 4. The van der Waals surface area contributed by atoms with Crippen LogP contribution in [-0.4, -0.2) is 45.0 Å². The summed E-state index contributed by atoms with van der Waals surface area (Å²) in [4.78, 5) is 28.7. The third kappa shape index (κ3) is 7.26. The Balaban J connectivity index is 1.17. The van der Waals surface area contributed by atoms with Crippen LogP contribution in [0.25, 0.3) is 11.4 Å². The van der Waals surface area contributed by atoms with Crippen LogP contribution in [0.4, 0.5) is 10.8 Å². The molecular formula is C23H21ClN6O4S2. The number of rotatable bonds is 11. The molecule has 4 rings (SSSR count). The van der Waals surface area contributed by atoms with E-state index < -0.39 is 0 Å². The Kier molecular flexibility index (Phi) is 8.87. The first-order valence-electron chi connectivity index (χ1n) is 10.8. The molecule has 4 aromatic rings. The van der Waals surface area contributed by atoms with Gasteiger partial charge in [0, 0.05) is 36.3 Å². The van der Waals surface area contributed by atoms with Crippen molar-refractivity contribution < 1.29 is 18.8 Å². The number of anilines is 2. The van der Waals surface area contributed by atoms with Gasteiger partial charge in [-0.3, -0.25) is 9.59 Å². The number of carbonyl (C=O) groups excluding carboxylic acids is 2. The number of ether oxygens (including phenoxy) is 1. The minimum Gasteiger partial charge on any atom is -0.497 e. The van der Waals surface area contributed by atoms with Crippen LogP contribution in [0.2, 0.25) is 5.02 Å². The van der Waals surface area contributed by atoms with Gasteiger partial charge < -0.3 is 19.9 Å². The van der Waals surface area contributed by atoms with Gasteiger partial charge in [0.2, 0.25) is 28.7 Å². The van der Waals surface area contributed by atoms with E-state index >= 15 is 0 Å². The van der Waals surface area contributed by atoms with Gasteiger partial charge in [-0.25, -0.2) is 0 Å². The third-order valence-electron chi connectivity index (χ3n) is 4.73.